The first-order valence-corrected chi connectivity index (χ1v) is 5.04. The summed E-state index contributed by atoms with van der Waals surface area (Å²) in [7, 11) is 0. The summed E-state index contributed by atoms with van der Waals surface area (Å²) in [6, 6.07) is 9.60. The summed E-state index contributed by atoms with van der Waals surface area (Å²) < 4.78 is 5.46. The number of hydrogen-bond acceptors (Lipinski definition) is 2. The van der Waals surface area contributed by atoms with Crippen LogP contribution in [-0.4, -0.2) is 6.61 Å². The van der Waals surface area contributed by atoms with Gasteiger partial charge in [-0.05, 0) is 30.5 Å². The lowest BCUT2D eigenvalue weighted by atomic mass is 10.1. The van der Waals surface area contributed by atoms with E-state index in [4.69, 9.17) is 10.00 Å². The number of ether oxygens (including phenoxy) is 1. The molecule has 0 N–H and O–H groups in total. The van der Waals surface area contributed by atoms with Crippen LogP contribution >= 0.6 is 0 Å². The molecular formula is C13H15NO. The predicted molar refractivity (Wildman–Crippen MR) is 60.2 cm³/mol. The topological polar surface area (TPSA) is 33.0 Å². The zero-order valence-corrected chi connectivity index (χ0v) is 8.78. The lowest BCUT2D eigenvalue weighted by Gasteiger charge is -2.03. The molecule has 0 spiro atoms. The fraction of sp³-hybridized carbons (Fsp3) is 0.308. The minimum Gasteiger partial charge on any atom is -0.377 e. The summed E-state index contributed by atoms with van der Waals surface area (Å²) >= 11 is 0. The van der Waals surface area contributed by atoms with E-state index in [1.54, 1.807) is 6.07 Å². The van der Waals surface area contributed by atoms with Gasteiger partial charge in [-0.15, -0.1) is 6.58 Å². The van der Waals surface area contributed by atoms with Gasteiger partial charge in [0.15, 0.2) is 0 Å². The van der Waals surface area contributed by atoms with E-state index in [1.165, 1.54) is 0 Å². The molecule has 2 nitrogen and oxygen atoms in total. The first kappa shape index (κ1) is 11.5. The molecule has 0 unspecified atom stereocenters. The Balaban J connectivity index is 2.31. The molecule has 1 aromatic carbocycles. The molecule has 1 rings (SSSR count). The van der Waals surface area contributed by atoms with E-state index in [1.807, 2.05) is 24.3 Å². The Morgan fingerprint density at radius 3 is 3.07 bits per heavy atom. The lowest BCUT2D eigenvalue weighted by molar-refractivity contribution is 0.119. The van der Waals surface area contributed by atoms with Crippen LogP contribution in [0.4, 0.5) is 0 Å². The van der Waals surface area contributed by atoms with Crippen LogP contribution in [0.25, 0.3) is 0 Å². The molecule has 0 aliphatic rings. The second-order valence-corrected chi connectivity index (χ2v) is 3.30. The van der Waals surface area contributed by atoms with Crippen LogP contribution in [0.3, 0.4) is 0 Å². The van der Waals surface area contributed by atoms with Crippen molar-refractivity contribution in [2.24, 2.45) is 0 Å². The molecule has 0 fully saturated rings. The maximum Gasteiger partial charge on any atom is 0.0991 e. The van der Waals surface area contributed by atoms with Gasteiger partial charge in [0.1, 0.15) is 0 Å². The molecule has 0 radical (unpaired) electrons. The third-order valence-corrected chi connectivity index (χ3v) is 2.02. The van der Waals surface area contributed by atoms with Crippen LogP contribution in [0.5, 0.6) is 0 Å². The highest BCUT2D eigenvalue weighted by atomic mass is 16.5. The summed E-state index contributed by atoms with van der Waals surface area (Å²) in [5.74, 6) is 0. The number of unbranched alkanes of at least 4 members (excludes halogenated alkanes) is 1. The number of rotatable bonds is 6. The molecule has 0 saturated heterocycles. The third-order valence-electron chi connectivity index (χ3n) is 2.02. The van der Waals surface area contributed by atoms with Gasteiger partial charge in [-0.3, -0.25) is 0 Å². The fourth-order valence-electron chi connectivity index (χ4n) is 1.25. The summed E-state index contributed by atoms with van der Waals surface area (Å²) in [5, 5.41) is 8.70. The van der Waals surface area contributed by atoms with E-state index in [2.05, 4.69) is 12.6 Å². The second-order valence-electron chi connectivity index (χ2n) is 3.30. The van der Waals surface area contributed by atoms with Crippen LogP contribution in [0.2, 0.25) is 0 Å². The molecule has 15 heavy (non-hydrogen) atoms. The van der Waals surface area contributed by atoms with Gasteiger partial charge in [0.25, 0.3) is 0 Å². The quantitative estimate of drug-likeness (QED) is 0.523. The van der Waals surface area contributed by atoms with Gasteiger partial charge in [-0.1, -0.05) is 18.2 Å². The van der Waals surface area contributed by atoms with Gasteiger partial charge in [0.05, 0.1) is 18.2 Å². The Kier molecular flexibility index (Phi) is 5.21. The van der Waals surface area contributed by atoms with Crippen LogP contribution < -0.4 is 0 Å². The second kappa shape index (κ2) is 6.80. The van der Waals surface area contributed by atoms with E-state index < -0.39 is 0 Å². The summed E-state index contributed by atoms with van der Waals surface area (Å²) in [5.41, 5.74) is 1.73. The Labute approximate surface area is 90.8 Å². The molecule has 0 aliphatic heterocycles. The number of nitriles is 1. The van der Waals surface area contributed by atoms with Gasteiger partial charge in [-0.25, -0.2) is 0 Å². The normalized spacial score (nSPS) is 9.53. The van der Waals surface area contributed by atoms with Gasteiger partial charge in [0.2, 0.25) is 0 Å². The average Bonchev–Trinajstić information content (AvgIpc) is 2.29. The van der Waals surface area contributed by atoms with Crippen molar-refractivity contribution in [1.82, 2.24) is 0 Å². The molecular weight excluding hydrogens is 186 g/mol. The lowest BCUT2D eigenvalue weighted by Crippen LogP contribution is -1.95. The van der Waals surface area contributed by atoms with Crippen molar-refractivity contribution in [3.63, 3.8) is 0 Å². The minimum atomic E-state index is 0.576. The van der Waals surface area contributed by atoms with Crippen molar-refractivity contribution in [1.29, 1.82) is 5.26 Å². The van der Waals surface area contributed by atoms with Crippen LogP contribution in [0.15, 0.2) is 36.9 Å². The summed E-state index contributed by atoms with van der Waals surface area (Å²) in [6.45, 7) is 4.96. The maximum atomic E-state index is 8.70. The minimum absolute atomic E-state index is 0.576. The predicted octanol–water partition coefficient (Wildman–Crippen LogP) is 3.04. The van der Waals surface area contributed by atoms with Crippen LogP contribution in [0.1, 0.15) is 24.0 Å². The Bertz CT molecular complexity index is 352. The van der Waals surface area contributed by atoms with Crippen molar-refractivity contribution in [3.8, 4) is 6.07 Å². The van der Waals surface area contributed by atoms with Gasteiger partial charge in [0, 0.05) is 6.61 Å². The van der Waals surface area contributed by atoms with Gasteiger partial charge in [-0.2, -0.15) is 5.26 Å². The molecule has 0 atom stereocenters. The molecule has 0 bridgehead atoms. The zero-order chi connectivity index (χ0) is 10.9. The van der Waals surface area contributed by atoms with Crippen molar-refractivity contribution in [2.45, 2.75) is 19.4 Å². The Hall–Kier alpha value is -1.59. The molecule has 0 aliphatic carbocycles. The molecule has 1 aromatic rings. The molecule has 0 heterocycles. The van der Waals surface area contributed by atoms with Crippen molar-refractivity contribution in [3.05, 3.63) is 48.0 Å². The average molecular weight is 201 g/mol. The van der Waals surface area contributed by atoms with Gasteiger partial charge < -0.3 is 4.74 Å². The van der Waals surface area contributed by atoms with Crippen LogP contribution in [0, 0.1) is 11.3 Å². The number of benzene rings is 1. The van der Waals surface area contributed by atoms with E-state index in [0.717, 1.165) is 25.0 Å². The van der Waals surface area contributed by atoms with Crippen LogP contribution in [-0.2, 0) is 11.3 Å². The van der Waals surface area contributed by atoms with Crippen molar-refractivity contribution in [2.75, 3.05) is 6.61 Å². The van der Waals surface area contributed by atoms with E-state index >= 15 is 0 Å². The Morgan fingerprint density at radius 2 is 2.33 bits per heavy atom. The maximum absolute atomic E-state index is 8.70. The first-order valence-electron chi connectivity index (χ1n) is 5.04. The largest absolute Gasteiger partial charge is 0.377 e. The molecule has 0 saturated carbocycles. The molecule has 2 heteroatoms. The smallest absolute Gasteiger partial charge is 0.0991 e. The molecule has 0 amide bonds. The van der Waals surface area contributed by atoms with E-state index in [9.17, 15) is 0 Å². The monoisotopic (exact) mass is 201 g/mol. The van der Waals surface area contributed by atoms with Crippen molar-refractivity contribution >= 4 is 0 Å². The Morgan fingerprint density at radius 1 is 1.47 bits per heavy atom. The number of nitrogens with zero attached hydrogens (tertiary/aromatic N) is 1. The van der Waals surface area contributed by atoms with E-state index in [0.29, 0.717) is 12.2 Å². The third kappa shape index (κ3) is 4.44. The first-order chi connectivity index (χ1) is 7.36. The summed E-state index contributed by atoms with van der Waals surface area (Å²) in [4.78, 5) is 0. The highest BCUT2D eigenvalue weighted by Crippen LogP contribution is 2.05. The summed E-state index contributed by atoms with van der Waals surface area (Å²) in [6.07, 6.45) is 3.87. The molecule has 78 valence electrons. The molecule has 0 aromatic heterocycles. The number of hydrogen-bond donors (Lipinski definition) is 0. The fourth-order valence-corrected chi connectivity index (χ4v) is 1.25. The number of allylic oxidation sites excluding steroid dienone is 1. The highest BCUT2D eigenvalue weighted by Gasteiger charge is 1.95. The van der Waals surface area contributed by atoms with E-state index in [-0.39, 0.29) is 0 Å². The van der Waals surface area contributed by atoms with Gasteiger partial charge >= 0.3 is 0 Å². The standard InChI is InChI=1S/C13H15NO/c1-2-3-4-8-15-11-13-7-5-6-12(9-13)10-14/h2,5-7,9H,1,3-4,8,11H2. The zero-order valence-electron chi connectivity index (χ0n) is 8.78. The van der Waals surface area contributed by atoms with Crippen molar-refractivity contribution < 1.29 is 4.74 Å². The SMILES string of the molecule is C=CCCCOCc1cccc(C#N)c1. The highest BCUT2D eigenvalue weighted by molar-refractivity contribution is 5.32.